The van der Waals surface area contributed by atoms with Crippen LogP contribution in [0.25, 0.3) is 0 Å². The maximum Gasteiger partial charge on any atom is 0.0176 e. The molecule has 1 atom stereocenters. The number of benzene rings is 1. The van der Waals surface area contributed by atoms with Crippen LogP contribution in [0.3, 0.4) is 0 Å². The zero-order chi connectivity index (χ0) is 10.5. The standard InChI is InChI=1S/C12H16BrNS/c13-10-4-6-12(7-5-10)15-9-11-3-1-2-8-14-11/h4-7,11,14H,1-3,8-9H2/t11-/m0/s1. The van der Waals surface area contributed by atoms with Crippen molar-refractivity contribution in [2.24, 2.45) is 0 Å². The average molecular weight is 286 g/mol. The summed E-state index contributed by atoms with van der Waals surface area (Å²) < 4.78 is 1.16. The summed E-state index contributed by atoms with van der Waals surface area (Å²) in [7, 11) is 0. The molecule has 0 unspecified atom stereocenters. The quantitative estimate of drug-likeness (QED) is 0.851. The van der Waals surface area contributed by atoms with Crippen molar-refractivity contribution in [3.63, 3.8) is 0 Å². The second kappa shape index (κ2) is 5.92. The molecular weight excluding hydrogens is 270 g/mol. The molecule has 1 saturated heterocycles. The first-order valence-corrected chi connectivity index (χ1v) is 7.24. The summed E-state index contributed by atoms with van der Waals surface area (Å²) >= 11 is 5.40. The van der Waals surface area contributed by atoms with E-state index >= 15 is 0 Å². The van der Waals surface area contributed by atoms with Crippen molar-refractivity contribution in [3.8, 4) is 0 Å². The number of hydrogen-bond acceptors (Lipinski definition) is 2. The minimum Gasteiger partial charge on any atom is -0.313 e. The molecule has 0 saturated carbocycles. The number of hydrogen-bond donors (Lipinski definition) is 1. The first-order valence-electron chi connectivity index (χ1n) is 5.46. The van der Waals surface area contributed by atoms with Crippen molar-refractivity contribution in [2.75, 3.05) is 12.3 Å². The van der Waals surface area contributed by atoms with Crippen LogP contribution in [0.15, 0.2) is 33.6 Å². The van der Waals surface area contributed by atoms with E-state index in [0.29, 0.717) is 6.04 Å². The number of nitrogens with one attached hydrogen (secondary N) is 1. The Labute approximate surface area is 104 Å². The largest absolute Gasteiger partial charge is 0.313 e. The van der Waals surface area contributed by atoms with Gasteiger partial charge in [-0.05, 0) is 43.7 Å². The summed E-state index contributed by atoms with van der Waals surface area (Å²) in [6, 6.07) is 9.29. The topological polar surface area (TPSA) is 12.0 Å². The molecule has 3 heteroatoms. The highest BCUT2D eigenvalue weighted by Crippen LogP contribution is 2.23. The molecular formula is C12H16BrNS. The summed E-state index contributed by atoms with van der Waals surface area (Å²) in [4.78, 5) is 1.37. The van der Waals surface area contributed by atoms with E-state index in [9.17, 15) is 0 Å². The van der Waals surface area contributed by atoms with Crippen LogP contribution in [-0.4, -0.2) is 18.3 Å². The Hall–Kier alpha value is 0.01000. The van der Waals surface area contributed by atoms with E-state index in [0.717, 1.165) is 4.47 Å². The van der Waals surface area contributed by atoms with Gasteiger partial charge in [0.1, 0.15) is 0 Å². The lowest BCUT2D eigenvalue weighted by Crippen LogP contribution is -2.35. The van der Waals surface area contributed by atoms with Crippen LogP contribution in [0, 0.1) is 0 Å². The van der Waals surface area contributed by atoms with E-state index in [1.807, 2.05) is 11.8 Å². The third kappa shape index (κ3) is 3.82. The monoisotopic (exact) mass is 285 g/mol. The van der Waals surface area contributed by atoms with Gasteiger partial charge in [-0.1, -0.05) is 22.4 Å². The smallest absolute Gasteiger partial charge is 0.0176 e. The average Bonchev–Trinajstić information content (AvgIpc) is 2.30. The molecule has 0 radical (unpaired) electrons. The van der Waals surface area contributed by atoms with Crippen molar-refractivity contribution in [2.45, 2.75) is 30.2 Å². The van der Waals surface area contributed by atoms with Gasteiger partial charge in [0, 0.05) is 21.2 Å². The molecule has 1 aliphatic rings. The van der Waals surface area contributed by atoms with Gasteiger partial charge >= 0.3 is 0 Å². The van der Waals surface area contributed by atoms with Gasteiger partial charge in [0.05, 0.1) is 0 Å². The Morgan fingerprint density at radius 1 is 1.27 bits per heavy atom. The third-order valence-electron chi connectivity index (χ3n) is 2.68. The van der Waals surface area contributed by atoms with Crippen molar-refractivity contribution in [1.82, 2.24) is 5.32 Å². The molecule has 15 heavy (non-hydrogen) atoms. The second-order valence-electron chi connectivity index (χ2n) is 3.91. The fourth-order valence-corrected chi connectivity index (χ4v) is 3.06. The molecule has 2 rings (SSSR count). The van der Waals surface area contributed by atoms with Gasteiger partial charge in [-0.2, -0.15) is 0 Å². The predicted molar refractivity (Wildman–Crippen MR) is 70.5 cm³/mol. The summed E-state index contributed by atoms with van der Waals surface area (Å²) in [6.07, 6.45) is 4.07. The van der Waals surface area contributed by atoms with Gasteiger partial charge < -0.3 is 5.32 Å². The predicted octanol–water partition coefficient (Wildman–Crippen LogP) is 3.68. The van der Waals surface area contributed by atoms with Crippen molar-refractivity contribution >= 4 is 27.7 Å². The maximum absolute atomic E-state index is 3.57. The van der Waals surface area contributed by atoms with Crippen LogP contribution in [0.1, 0.15) is 19.3 Å². The zero-order valence-electron chi connectivity index (χ0n) is 8.71. The number of halogens is 1. The molecule has 1 aromatic carbocycles. The molecule has 0 spiro atoms. The van der Waals surface area contributed by atoms with E-state index in [-0.39, 0.29) is 0 Å². The van der Waals surface area contributed by atoms with Crippen LogP contribution in [0.5, 0.6) is 0 Å². The normalized spacial score (nSPS) is 21.5. The molecule has 1 heterocycles. The summed E-state index contributed by atoms with van der Waals surface area (Å²) in [6.45, 7) is 1.20. The fourth-order valence-electron chi connectivity index (χ4n) is 1.79. The van der Waals surface area contributed by atoms with Gasteiger partial charge in [-0.3, -0.25) is 0 Å². The molecule has 1 N–H and O–H groups in total. The lowest BCUT2D eigenvalue weighted by molar-refractivity contribution is 0.430. The van der Waals surface area contributed by atoms with E-state index in [2.05, 4.69) is 45.5 Å². The second-order valence-corrected chi connectivity index (χ2v) is 5.92. The Morgan fingerprint density at radius 3 is 2.73 bits per heavy atom. The van der Waals surface area contributed by atoms with Gasteiger partial charge in [0.25, 0.3) is 0 Å². The number of piperidine rings is 1. The van der Waals surface area contributed by atoms with Crippen LogP contribution in [0.2, 0.25) is 0 Å². The van der Waals surface area contributed by atoms with E-state index in [1.165, 1.54) is 36.5 Å². The van der Waals surface area contributed by atoms with E-state index in [4.69, 9.17) is 0 Å². The van der Waals surface area contributed by atoms with E-state index < -0.39 is 0 Å². The molecule has 0 bridgehead atoms. The zero-order valence-corrected chi connectivity index (χ0v) is 11.1. The Kier molecular flexibility index (Phi) is 4.54. The molecule has 1 nitrogen and oxygen atoms in total. The van der Waals surface area contributed by atoms with Gasteiger partial charge in [0.15, 0.2) is 0 Å². The molecule has 0 amide bonds. The number of thioether (sulfide) groups is 1. The highest BCUT2D eigenvalue weighted by molar-refractivity contribution is 9.10. The number of rotatable bonds is 3. The van der Waals surface area contributed by atoms with Gasteiger partial charge in [-0.25, -0.2) is 0 Å². The van der Waals surface area contributed by atoms with Crippen molar-refractivity contribution in [3.05, 3.63) is 28.7 Å². The highest BCUT2D eigenvalue weighted by atomic mass is 79.9. The molecule has 0 aromatic heterocycles. The molecule has 1 fully saturated rings. The SMILES string of the molecule is Brc1ccc(SC[C@@H]2CCCCN2)cc1. The van der Waals surface area contributed by atoms with Crippen molar-refractivity contribution in [1.29, 1.82) is 0 Å². The minimum atomic E-state index is 0.715. The minimum absolute atomic E-state index is 0.715. The Bertz CT molecular complexity index is 293. The molecule has 82 valence electrons. The van der Waals surface area contributed by atoms with Crippen LogP contribution in [-0.2, 0) is 0 Å². The summed E-state index contributed by atoms with van der Waals surface area (Å²) in [5, 5.41) is 3.57. The lowest BCUT2D eigenvalue weighted by Gasteiger charge is -2.22. The molecule has 1 aromatic rings. The van der Waals surface area contributed by atoms with Crippen molar-refractivity contribution < 1.29 is 0 Å². The molecule has 0 aliphatic carbocycles. The summed E-state index contributed by atoms with van der Waals surface area (Å²) in [5.41, 5.74) is 0. The summed E-state index contributed by atoms with van der Waals surface area (Å²) in [5.74, 6) is 1.20. The van der Waals surface area contributed by atoms with E-state index in [1.54, 1.807) is 0 Å². The third-order valence-corrected chi connectivity index (χ3v) is 4.38. The Balaban J connectivity index is 1.79. The van der Waals surface area contributed by atoms with Gasteiger partial charge in [0.2, 0.25) is 0 Å². The maximum atomic E-state index is 3.57. The van der Waals surface area contributed by atoms with Crippen LogP contribution >= 0.6 is 27.7 Å². The first kappa shape index (κ1) is 11.5. The fraction of sp³-hybridized carbons (Fsp3) is 0.500. The van der Waals surface area contributed by atoms with Gasteiger partial charge in [-0.15, -0.1) is 11.8 Å². The first-order chi connectivity index (χ1) is 7.34. The highest BCUT2D eigenvalue weighted by Gasteiger charge is 2.12. The van der Waals surface area contributed by atoms with Crippen LogP contribution < -0.4 is 5.32 Å². The van der Waals surface area contributed by atoms with Crippen LogP contribution in [0.4, 0.5) is 0 Å². The Morgan fingerprint density at radius 2 is 2.07 bits per heavy atom. The lowest BCUT2D eigenvalue weighted by atomic mass is 10.1. The molecule has 1 aliphatic heterocycles.